The van der Waals surface area contributed by atoms with Gasteiger partial charge in [0.25, 0.3) is 0 Å². The average molecular weight is 521 g/mol. The average Bonchev–Trinajstić information content (AvgIpc) is 2.82. The largest absolute Gasteiger partial charge is 0.416 e. The van der Waals surface area contributed by atoms with Crippen molar-refractivity contribution < 1.29 is 40.6 Å². The maximum absolute atomic E-state index is 13.5. The summed E-state index contributed by atoms with van der Waals surface area (Å²) in [6.45, 7) is 1.22. The fourth-order valence-corrected chi connectivity index (χ4v) is 4.47. The van der Waals surface area contributed by atoms with Crippen LogP contribution in [0.3, 0.4) is 0 Å². The highest BCUT2D eigenvalue weighted by Crippen LogP contribution is 2.39. The predicted octanol–water partition coefficient (Wildman–Crippen LogP) is 5.20. The summed E-state index contributed by atoms with van der Waals surface area (Å²) in [5.41, 5.74) is -2.87. The highest BCUT2D eigenvalue weighted by Gasteiger charge is 2.39. The van der Waals surface area contributed by atoms with Crippen LogP contribution >= 0.6 is 0 Å². The SMILES string of the molecule is CN(C(=O)N(C)[C@@H]1CCN(CCO)C[C@H]1c1ccc(F)cc1)c1cc(C(F)(F)F)cc(C(F)(F)F)c1. The van der Waals surface area contributed by atoms with E-state index in [0.29, 0.717) is 43.8 Å². The molecule has 0 bridgehead atoms. The lowest BCUT2D eigenvalue weighted by Gasteiger charge is -2.43. The van der Waals surface area contributed by atoms with Gasteiger partial charge in [-0.2, -0.15) is 26.3 Å². The Morgan fingerprint density at radius 1 is 1.00 bits per heavy atom. The Morgan fingerprint density at radius 2 is 1.56 bits per heavy atom. The number of β-amino-alcohol motifs (C(OH)–C–C–N with tert-alkyl or cyclic N) is 1. The van der Waals surface area contributed by atoms with Crippen molar-refractivity contribution in [3.8, 4) is 0 Å². The number of carbonyl (C=O) groups excluding carboxylic acids is 1. The maximum atomic E-state index is 13.5. The van der Waals surface area contributed by atoms with Gasteiger partial charge in [0.2, 0.25) is 0 Å². The zero-order valence-corrected chi connectivity index (χ0v) is 19.6. The Balaban J connectivity index is 1.92. The van der Waals surface area contributed by atoms with Gasteiger partial charge in [0, 0.05) is 51.4 Å². The molecule has 1 fully saturated rings. The Hall–Kier alpha value is -2.86. The van der Waals surface area contributed by atoms with Crippen LogP contribution in [-0.2, 0) is 12.4 Å². The van der Waals surface area contributed by atoms with E-state index >= 15 is 0 Å². The number of aliphatic hydroxyl groups is 1. The van der Waals surface area contributed by atoms with Crippen molar-refractivity contribution in [3.05, 3.63) is 65.0 Å². The van der Waals surface area contributed by atoms with Gasteiger partial charge in [0.1, 0.15) is 5.82 Å². The van der Waals surface area contributed by atoms with E-state index in [0.717, 1.165) is 11.9 Å². The molecule has 1 heterocycles. The fourth-order valence-electron chi connectivity index (χ4n) is 4.47. The molecule has 1 aliphatic rings. The Morgan fingerprint density at radius 3 is 2.06 bits per heavy atom. The highest BCUT2D eigenvalue weighted by atomic mass is 19.4. The number of piperidine rings is 1. The molecule has 36 heavy (non-hydrogen) atoms. The number of alkyl halides is 6. The van der Waals surface area contributed by atoms with Crippen LogP contribution in [0.25, 0.3) is 0 Å². The molecule has 2 atom stereocenters. The molecule has 0 saturated carbocycles. The molecule has 198 valence electrons. The minimum Gasteiger partial charge on any atom is -0.395 e. The number of urea groups is 1. The molecule has 2 aromatic rings. The normalized spacial score (nSPS) is 19.3. The number of anilines is 1. The molecule has 2 amide bonds. The first-order valence-corrected chi connectivity index (χ1v) is 11.1. The number of benzene rings is 2. The van der Waals surface area contributed by atoms with Crippen molar-refractivity contribution in [2.24, 2.45) is 0 Å². The number of amides is 2. The number of hydrogen-bond acceptors (Lipinski definition) is 3. The topological polar surface area (TPSA) is 47.0 Å². The predicted molar refractivity (Wildman–Crippen MR) is 119 cm³/mol. The monoisotopic (exact) mass is 521 g/mol. The van der Waals surface area contributed by atoms with Gasteiger partial charge in [0.15, 0.2) is 0 Å². The van der Waals surface area contributed by atoms with Crippen LogP contribution in [0.5, 0.6) is 0 Å². The second kappa shape index (κ2) is 10.6. The molecule has 0 spiro atoms. The molecule has 0 aromatic heterocycles. The second-order valence-corrected chi connectivity index (χ2v) is 8.75. The van der Waals surface area contributed by atoms with Crippen LogP contribution in [0, 0.1) is 5.82 Å². The van der Waals surface area contributed by atoms with Gasteiger partial charge in [-0.3, -0.25) is 4.90 Å². The number of hydrogen-bond donors (Lipinski definition) is 1. The van der Waals surface area contributed by atoms with Crippen LogP contribution in [0.1, 0.15) is 29.0 Å². The third kappa shape index (κ3) is 6.28. The van der Waals surface area contributed by atoms with Gasteiger partial charge in [-0.1, -0.05) is 12.1 Å². The molecule has 0 radical (unpaired) electrons. The molecule has 1 saturated heterocycles. The van der Waals surface area contributed by atoms with Crippen molar-refractivity contribution in [3.63, 3.8) is 0 Å². The van der Waals surface area contributed by atoms with E-state index in [1.807, 2.05) is 4.90 Å². The quantitative estimate of drug-likeness (QED) is 0.551. The zero-order chi connectivity index (χ0) is 26.8. The first-order chi connectivity index (χ1) is 16.7. The molecule has 5 nitrogen and oxygen atoms in total. The van der Waals surface area contributed by atoms with Crippen molar-refractivity contribution in [1.82, 2.24) is 9.80 Å². The maximum Gasteiger partial charge on any atom is 0.416 e. The van der Waals surface area contributed by atoms with Crippen molar-refractivity contribution in [1.29, 1.82) is 0 Å². The van der Waals surface area contributed by atoms with Crippen molar-refractivity contribution in [2.45, 2.75) is 30.7 Å². The van der Waals surface area contributed by atoms with Gasteiger partial charge in [0.05, 0.1) is 17.7 Å². The minimum atomic E-state index is -5.04. The van der Waals surface area contributed by atoms with Crippen LogP contribution < -0.4 is 4.90 Å². The molecule has 3 rings (SSSR count). The second-order valence-electron chi connectivity index (χ2n) is 8.75. The van der Waals surface area contributed by atoms with Gasteiger partial charge in [-0.25, -0.2) is 9.18 Å². The molecule has 1 N–H and O–H groups in total. The highest BCUT2D eigenvalue weighted by molar-refractivity contribution is 5.91. The minimum absolute atomic E-state index is 0.00692. The van der Waals surface area contributed by atoms with E-state index in [2.05, 4.69) is 0 Å². The first-order valence-electron chi connectivity index (χ1n) is 11.1. The van der Waals surface area contributed by atoms with E-state index in [4.69, 9.17) is 0 Å². The standard InChI is InChI=1S/C24H26F7N3O2/c1-32(19-12-16(23(26,27)28)11-17(13-19)24(29,30)31)22(36)33(2)21-7-8-34(9-10-35)14-20(21)15-3-5-18(25)6-4-15/h3-6,11-13,20-21,35H,7-10,14H2,1-2H3/t20-,21+/m0/s1. The number of likely N-dealkylation sites (N-methyl/N-ethyl adjacent to an activating group) is 1. The summed E-state index contributed by atoms with van der Waals surface area (Å²) in [6, 6.07) is 5.42. The van der Waals surface area contributed by atoms with E-state index < -0.39 is 47.1 Å². The Labute approximate surface area is 203 Å². The van der Waals surface area contributed by atoms with Crippen LogP contribution in [0.4, 0.5) is 41.2 Å². The van der Waals surface area contributed by atoms with E-state index in [1.165, 1.54) is 24.1 Å². The molecular formula is C24H26F7N3O2. The number of rotatable bonds is 5. The Kier molecular flexibility index (Phi) is 8.19. The van der Waals surface area contributed by atoms with Crippen LogP contribution in [-0.4, -0.2) is 67.3 Å². The smallest absolute Gasteiger partial charge is 0.395 e. The first kappa shape index (κ1) is 27.7. The van der Waals surface area contributed by atoms with Crippen LogP contribution in [0.15, 0.2) is 42.5 Å². The van der Waals surface area contributed by atoms with Gasteiger partial charge >= 0.3 is 18.4 Å². The number of likely N-dealkylation sites (tertiary alicyclic amines) is 1. The summed E-state index contributed by atoms with van der Waals surface area (Å²) in [5, 5.41) is 9.31. The van der Waals surface area contributed by atoms with Crippen molar-refractivity contribution in [2.75, 3.05) is 45.2 Å². The summed E-state index contributed by atoms with van der Waals surface area (Å²) in [7, 11) is 2.54. The number of aliphatic hydroxyl groups excluding tert-OH is 1. The lowest BCUT2D eigenvalue weighted by atomic mass is 9.85. The summed E-state index contributed by atoms with van der Waals surface area (Å²) in [4.78, 5) is 17.3. The Bertz CT molecular complexity index is 1020. The number of halogens is 7. The third-order valence-electron chi connectivity index (χ3n) is 6.42. The molecule has 12 heteroatoms. The fraction of sp³-hybridized carbons (Fsp3) is 0.458. The molecule has 0 unspecified atom stereocenters. The summed E-state index contributed by atoms with van der Waals surface area (Å²) in [5.74, 6) is -0.784. The molecule has 2 aromatic carbocycles. The number of nitrogens with zero attached hydrogens (tertiary/aromatic N) is 3. The summed E-state index contributed by atoms with van der Waals surface area (Å²) < 4.78 is 93.2. The number of carbonyl (C=O) groups is 1. The summed E-state index contributed by atoms with van der Waals surface area (Å²) in [6.07, 6.45) is -9.66. The lowest BCUT2D eigenvalue weighted by Crippen LogP contribution is -2.53. The summed E-state index contributed by atoms with van der Waals surface area (Å²) >= 11 is 0. The molecule has 0 aliphatic carbocycles. The van der Waals surface area contributed by atoms with Gasteiger partial charge in [-0.05, 0) is 42.3 Å². The van der Waals surface area contributed by atoms with Crippen LogP contribution in [0.2, 0.25) is 0 Å². The van der Waals surface area contributed by atoms with E-state index in [-0.39, 0.29) is 18.6 Å². The van der Waals surface area contributed by atoms with E-state index in [9.17, 15) is 40.6 Å². The van der Waals surface area contributed by atoms with E-state index in [1.54, 1.807) is 12.1 Å². The molecule has 1 aliphatic heterocycles. The third-order valence-corrected chi connectivity index (χ3v) is 6.42. The van der Waals surface area contributed by atoms with Gasteiger partial charge in [-0.15, -0.1) is 0 Å². The lowest BCUT2D eigenvalue weighted by molar-refractivity contribution is -0.143. The molecular weight excluding hydrogens is 495 g/mol. The van der Waals surface area contributed by atoms with Gasteiger partial charge < -0.3 is 14.9 Å². The zero-order valence-electron chi connectivity index (χ0n) is 19.6. The van der Waals surface area contributed by atoms with Crippen molar-refractivity contribution >= 4 is 11.7 Å².